The lowest BCUT2D eigenvalue weighted by Crippen LogP contribution is -1.93. The molecule has 0 unspecified atom stereocenters. The van der Waals surface area contributed by atoms with Gasteiger partial charge in [0.1, 0.15) is 0 Å². The molecule has 0 radical (unpaired) electrons. The average molecular weight is 515 g/mol. The summed E-state index contributed by atoms with van der Waals surface area (Å²) in [5.74, 6) is 0. The predicted octanol–water partition coefficient (Wildman–Crippen LogP) is 11.1. The third kappa shape index (κ3) is 4.63. The molecular weight excluding hydrogens is 488 g/mol. The summed E-state index contributed by atoms with van der Waals surface area (Å²) in [6.45, 7) is 0. The third-order valence-corrected chi connectivity index (χ3v) is 8.29. The van der Waals surface area contributed by atoms with Crippen LogP contribution in [0.4, 0.5) is 0 Å². The second-order valence-electron chi connectivity index (χ2n) is 9.77. The number of fused-ring (bicyclic) bond motifs is 2. The van der Waals surface area contributed by atoms with Crippen molar-refractivity contribution in [1.29, 1.82) is 0 Å². The van der Waals surface area contributed by atoms with Gasteiger partial charge in [0.05, 0.1) is 0 Å². The molecule has 7 rings (SSSR count). The Bertz CT molecular complexity index is 1890. The van der Waals surface area contributed by atoms with Crippen LogP contribution in [0.25, 0.3) is 54.9 Å². The second-order valence-corrected chi connectivity index (χ2v) is 10.9. The van der Waals surface area contributed by atoms with Gasteiger partial charge in [-0.25, -0.2) is 0 Å². The monoisotopic (exact) mass is 514 g/mol. The van der Waals surface area contributed by atoms with Crippen LogP contribution >= 0.6 is 11.8 Å². The Hall–Kier alpha value is -4.59. The van der Waals surface area contributed by atoms with E-state index in [-0.39, 0.29) is 0 Å². The maximum Gasteiger partial charge on any atom is 0.0122 e. The average Bonchev–Trinajstić information content (AvgIpc) is 3.01. The molecule has 0 aliphatic heterocycles. The van der Waals surface area contributed by atoms with E-state index < -0.39 is 0 Å². The van der Waals surface area contributed by atoms with E-state index in [9.17, 15) is 0 Å². The van der Waals surface area contributed by atoms with Gasteiger partial charge in [-0.3, -0.25) is 0 Å². The molecule has 0 spiro atoms. The van der Waals surface area contributed by atoms with Gasteiger partial charge >= 0.3 is 0 Å². The topological polar surface area (TPSA) is 0 Å². The van der Waals surface area contributed by atoms with E-state index in [0.29, 0.717) is 0 Å². The highest BCUT2D eigenvalue weighted by molar-refractivity contribution is 7.99. The summed E-state index contributed by atoms with van der Waals surface area (Å²) in [6.07, 6.45) is 0. The van der Waals surface area contributed by atoms with Crippen molar-refractivity contribution in [3.05, 3.63) is 158 Å². The Labute approximate surface area is 233 Å². The number of benzene rings is 7. The van der Waals surface area contributed by atoms with Gasteiger partial charge in [-0.15, -0.1) is 0 Å². The van der Waals surface area contributed by atoms with Crippen LogP contribution < -0.4 is 0 Å². The van der Waals surface area contributed by atoms with E-state index >= 15 is 0 Å². The Morgan fingerprint density at radius 3 is 1.51 bits per heavy atom. The fourth-order valence-electron chi connectivity index (χ4n) is 5.45. The molecule has 39 heavy (non-hydrogen) atoms. The molecule has 0 N–H and O–H groups in total. The molecule has 0 nitrogen and oxygen atoms in total. The van der Waals surface area contributed by atoms with Crippen molar-refractivity contribution in [2.24, 2.45) is 0 Å². The van der Waals surface area contributed by atoms with Gasteiger partial charge in [0, 0.05) is 9.79 Å². The lowest BCUT2D eigenvalue weighted by Gasteiger charge is -2.20. The predicted molar refractivity (Wildman–Crippen MR) is 168 cm³/mol. The largest absolute Gasteiger partial charge is 0.0901 e. The Morgan fingerprint density at radius 1 is 0.333 bits per heavy atom. The minimum Gasteiger partial charge on any atom is -0.0901 e. The zero-order chi connectivity index (χ0) is 26.0. The van der Waals surface area contributed by atoms with Crippen molar-refractivity contribution in [1.82, 2.24) is 0 Å². The molecule has 1 heteroatoms. The zero-order valence-corrected chi connectivity index (χ0v) is 22.2. The molecule has 0 amide bonds. The summed E-state index contributed by atoms with van der Waals surface area (Å²) in [5, 5.41) is 5.05. The van der Waals surface area contributed by atoms with Crippen molar-refractivity contribution in [2.75, 3.05) is 0 Å². The minimum absolute atomic E-state index is 1.23. The summed E-state index contributed by atoms with van der Waals surface area (Å²) in [5.41, 5.74) is 7.48. The van der Waals surface area contributed by atoms with Gasteiger partial charge in [0.15, 0.2) is 0 Å². The van der Waals surface area contributed by atoms with Crippen molar-refractivity contribution in [3.8, 4) is 33.4 Å². The van der Waals surface area contributed by atoms with Crippen LogP contribution in [0.15, 0.2) is 168 Å². The molecule has 0 aliphatic rings. The van der Waals surface area contributed by atoms with Crippen LogP contribution in [-0.2, 0) is 0 Å². The van der Waals surface area contributed by atoms with Crippen molar-refractivity contribution in [3.63, 3.8) is 0 Å². The SMILES string of the molecule is c1ccc(Sc2ccc(-c3c(-c4ccccc4)c(-c4ccccc4)cc4cc5ccccc5cc34)cc2)cc1. The third-order valence-electron chi connectivity index (χ3n) is 7.28. The zero-order valence-electron chi connectivity index (χ0n) is 21.4. The molecule has 0 aromatic heterocycles. The first-order chi connectivity index (χ1) is 19.3. The summed E-state index contributed by atoms with van der Waals surface area (Å²) < 4.78 is 0. The summed E-state index contributed by atoms with van der Waals surface area (Å²) in [4.78, 5) is 2.48. The number of rotatable bonds is 5. The summed E-state index contributed by atoms with van der Waals surface area (Å²) in [6, 6.07) is 57.0. The van der Waals surface area contributed by atoms with Gasteiger partial charge in [0.2, 0.25) is 0 Å². The van der Waals surface area contributed by atoms with Crippen molar-refractivity contribution in [2.45, 2.75) is 9.79 Å². The van der Waals surface area contributed by atoms with E-state index in [2.05, 4.69) is 158 Å². The first-order valence-electron chi connectivity index (χ1n) is 13.3. The van der Waals surface area contributed by atoms with Gasteiger partial charge in [-0.05, 0) is 97.4 Å². The van der Waals surface area contributed by atoms with Crippen molar-refractivity contribution >= 4 is 33.3 Å². The Balaban J connectivity index is 1.52. The van der Waals surface area contributed by atoms with Gasteiger partial charge in [-0.2, -0.15) is 0 Å². The van der Waals surface area contributed by atoms with Gasteiger partial charge < -0.3 is 0 Å². The van der Waals surface area contributed by atoms with Crippen LogP contribution in [0.1, 0.15) is 0 Å². The highest BCUT2D eigenvalue weighted by atomic mass is 32.2. The molecule has 0 atom stereocenters. The second kappa shape index (κ2) is 10.3. The summed E-state index contributed by atoms with van der Waals surface area (Å²) >= 11 is 1.80. The maximum atomic E-state index is 2.38. The van der Waals surface area contributed by atoms with Gasteiger partial charge in [0.25, 0.3) is 0 Å². The molecule has 7 aromatic rings. The number of hydrogen-bond donors (Lipinski definition) is 0. The first kappa shape index (κ1) is 23.5. The quantitative estimate of drug-likeness (QED) is 0.206. The molecular formula is C38H26S. The lowest BCUT2D eigenvalue weighted by molar-refractivity contribution is 1.41. The maximum absolute atomic E-state index is 2.38. The Morgan fingerprint density at radius 2 is 0.846 bits per heavy atom. The molecule has 184 valence electrons. The molecule has 0 saturated carbocycles. The smallest absolute Gasteiger partial charge is 0.0122 e. The van der Waals surface area contributed by atoms with Crippen LogP contribution in [0.5, 0.6) is 0 Å². The standard InChI is InChI=1S/C38H26S/c1-4-12-27(13-5-1)35-26-32-24-30-16-10-11-17-31(30)25-36(32)38(37(35)28-14-6-2-7-15-28)29-20-22-34(23-21-29)39-33-18-8-3-9-19-33/h1-26H. The Kier molecular flexibility index (Phi) is 6.20. The fraction of sp³-hybridized carbons (Fsp3) is 0. The van der Waals surface area contributed by atoms with Gasteiger partial charge in [-0.1, -0.05) is 127 Å². The highest BCUT2D eigenvalue weighted by Gasteiger charge is 2.19. The molecule has 0 fully saturated rings. The highest BCUT2D eigenvalue weighted by Crippen LogP contribution is 2.46. The van der Waals surface area contributed by atoms with E-state index in [1.54, 1.807) is 11.8 Å². The molecule has 7 aromatic carbocycles. The molecule has 0 bridgehead atoms. The van der Waals surface area contributed by atoms with Crippen LogP contribution in [0.3, 0.4) is 0 Å². The van der Waals surface area contributed by atoms with Crippen molar-refractivity contribution < 1.29 is 0 Å². The molecule has 0 aliphatic carbocycles. The van der Waals surface area contributed by atoms with E-state index in [1.165, 1.54) is 64.7 Å². The van der Waals surface area contributed by atoms with E-state index in [0.717, 1.165) is 0 Å². The fourth-order valence-corrected chi connectivity index (χ4v) is 6.29. The molecule has 0 saturated heterocycles. The minimum atomic E-state index is 1.23. The number of hydrogen-bond acceptors (Lipinski definition) is 1. The van der Waals surface area contributed by atoms with Crippen LogP contribution in [0, 0.1) is 0 Å². The normalized spacial score (nSPS) is 11.2. The van der Waals surface area contributed by atoms with Crippen LogP contribution in [0.2, 0.25) is 0 Å². The summed E-state index contributed by atoms with van der Waals surface area (Å²) in [7, 11) is 0. The lowest BCUT2D eigenvalue weighted by atomic mass is 9.83. The van der Waals surface area contributed by atoms with Crippen LogP contribution in [-0.4, -0.2) is 0 Å². The first-order valence-corrected chi connectivity index (χ1v) is 14.1. The van der Waals surface area contributed by atoms with E-state index in [4.69, 9.17) is 0 Å². The van der Waals surface area contributed by atoms with E-state index in [1.807, 2.05) is 0 Å². The molecule has 0 heterocycles.